The average Bonchev–Trinajstić information content (AvgIpc) is 2.78. The van der Waals surface area contributed by atoms with Crippen molar-refractivity contribution >= 4 is 16.8 Å². The lowest BCUT2D eigenvalue weighted by Crippen LogP contribution is -2.39. The number of nitrogens with two attached hydrogens (primary N) is 1. The van der Waals surface area contributed by atoms with Crippen molar-refractivity contribution in [3.05, 3.63) is 76.1 Å². The molecule has 1 fully saturated rings. The second-order valence-corrected chi connectivity index (χ2v) is 8.23. The molecule has 0 unspecified atom stereocenters. The first-order valence-corrected chi connectivity index (χ1v) is 10.8. The molecule has 7 heteroatoms. The number of carbonyl (C=O) groups excluding carboxylic acids is 1. The van der Waals surface area contributed by atoms with Gasteiger partial charge in [0.15, 0.2) is 0 Å². The monoisotopic (exact) mass is 422 g/mol. The smallest absolute Gasteiger partial charge is 0.261 e. The van der Waals surface area contributed by atoms with Crippen LogP contribution < -0.4 is 11.3 Å². The molecule has 1 amide bonds. The molecule has 0 aliphatic heterocycles. The third-order valence-corrected chi connectivity index (χ3v) is 5.99. The van der Waals surface area contributed by atoms with Gasteiger partial charge in [-0.15, -0.1) is 0 Å². The molecule has 2 aromatic carbocycles. The summed E-state index contributed by atoms with van der Waals surface area (Å²) in [6, 6.07) is 14.0. The number of halogens is 1. The summed E-state index contributed by atoms with van der Waals surface area (Å²) in [6.07, 6.45) is 5.67. The summed E-state index contributed by atoms with van der Waals surface area (Å²) in [5.41, 5.74) is 6.78. The summed E-state index contributed by atoms with van der Waals surface area (Å²) in [5, 5.41) is 0.468. The van der Waals surface area contributed by atoms with Gasteiger partial charge in [-0.05, 0) is 42.7 Å². The zero-order valence-corrected chi connectivity index (χ0v) is 17.5. The normalized spacial score (nSPS) is 14.9. The molecule has 31 heavy (non-hydrogen) atoms. The number of hydrogen-bond donors (Lipinski definition) is 1. The van der Waals surface area contributed by atoms with Gasteiger partial charge in [-0.2, -0.15) is 0 Å². The highest BCUT2D eigenvalue weighted by atomic mass is 19.1. The number of fused-ring (bicyclic) bond motifs is 1. The van der Waals surface area contributed by atoms with Gasteiger partial charge in [-0.25, -0.2) is 9.37 Å². The minimum atomic E-state index is -0.580. The molecule has 3 aromatic rings. The Bertz CT molecular complexity index is 1120. The van der Waals surface area contributed by atoms with E-state index < -0.39 is 5.91 Å². The maximum atomic E-state index is 13.4. The van der Waals surface area contributed by atoms with E-state index in [9.17, 15) is 14.0 Å². The number of para-hydroxylation sites is 1. The standard InChI is InChI=1S/C24H27FN4O2/c25-18-12-10-17(11-13-18)14-28(19-6-2-1-3-7-19)16-23-27-21-9-5-4-8-20(21)24(31)29(23)15-22(26)30/h4-5,8-13,19H,1-3,6-7,14-16H2,(H2,26,30). The Kier molecular flexibility index (Phi) is 6.42. The van der Waals surface area contributed by atoms with Gasteiger partial charge in [0.25, 0.3) is 5.56 Å². The van der Waals surface area contributed by atoms with E-state index in [1.807, 2.05) is 6.07 Å². The van der Waals surface area contributed by atoms with Crippen molar-refractivity contribution in [3.8, 4) is 0 Å². The second-order valence-electron chi connectivity index (χ2n) is 8.23. The molecule has 1 aliphatic rings. The van der Waals surface area contributed by atoms with E-state index in [2.05, 4.69) is 4.90 Å². The quantitative estimate of drug-likeness (QED) is 0.633. The average molecular weight is 423 g/mol. The van der Waals surface area contributed by atoms with Gasteiger partial charge in [0.05, 0.1) is 17.4 Å². The maximum absolute atomic E-state index is 13.4. The van der Waals surface area contributed by atoms with Gasteiger partial charge in [-0.1, -0.05) is 43.5 Å². The first-order valence-electron chi connectivity index (χ1n) is 10.8. The largest absolute Gasteiger partial charge is 0.368 e. The molecule has 0 bridgehead atoms. The summed E-state index contributed by atoms with van der Waals surface area (Å²) in [4.78, 5) is 31.8. The van der Waals surface area contributed by atoms with Gasteiger partial charge in [0.2, 0.25) is 5.91 Å². The number of rotatable bonds is 7. The van der Waals surface area contributed by atoms with Crippen LogP contribution in [0.3, 0.4) is 0 Å². The van der Waals surface area contributed by atoms with Crippen LogP contribution >= 0.6 is 0 Å². The highest BCUT2D eigenvalue weighted by Crippen LogP contribution is 2.26. The van der Waals surface area contributed by atoms with Gasteiger partial charge in [-0.3, -0.25) is 19.1 Å². The number of nitrogens with zero attached hydrogens (tertiary/aromatic N) is 3. The van der Waals surface area contributed by atoms with E-state index in [0.29, 0.717) is 35.9 Å². The Hall–Kier alpha value is -3.06. The minimum Gasteiger partial charge on any atom is -0.368 e. The molecule has 1 aliphatic carbocycles. The maximum Gasteiger partial charge on any atom is 0.261 e. The third-order valence-electron chi connectivity index (χ3n) is 5.99. The first-order chi connectivity index (χ1) is 15.0. The fourth-order valence-electron chi connectivity index (χ4n) is 4.42. The number of aromatic nitrogens is 2. The van der Waals surface area contributed by atoms with Crippen molar-refractivity contribution in [1.82, 2.24) is 14.5 Å². The number of primary amides is 1. The van der Waals surface area contributed by atoms with E-state index >= 15 is 0 Å². The lowest BCUT2D eigenvalue weighted by Gasteiger charge is -2.34. The molecule has 1 aromatic heterocycles. The topological polar surface area (TPSA) is 81.2 Å². The van der Waals surface area contributed by atoms with Crippen molar-refractivity contribution in [3.63, 3.8) is 0 Å². The number of carbonyl (C=O) groups is 1. The van der Waals surface area contributed by atoms with Crippen LogP contribution in [0.25, 0.3) is 10.9 Å². The summed E-state index contributed by atoms with van der Waals surface area (Å²) < 4.78 is 14.8. The molecule has 4 rings (SSSR count). The van der Waals surface area contributed by atoms with Crippen molar-refractivity contribution in [2.24, 2.45) is 5.73 Å². The van der Waals surface area contributed by atoms with Gasteiger partial charge < -0.3 is 5.73 Å². The van der Waals surface area contributed by atoms with Crippen LogP contribution in [0.1, 0.15) is 43.5 Å². The lowest BCUT2D eigenvalue weighted by atomic mass is 9.93. The summed E-state index contributed by atoms with van der Waals surface area (Å²) in [5.74, 6) is -0.321. The van der Waals surface area contributed by atoms with E-state index in [4.69, 9.17) is 10.7 Å². The number of hydrogen-bond acceptors (Lipinski definition) is 4. The molecule has 0 saturated heterocycles. The Labute approximate surface area is 180 Å². The molecule has 1 heterocycles. The van der Waals surface area contributed by atoms with Gasteiger partial charge >= 0.3 is 0 Å². The molecule has 1 saturated carbocycles. The predicted molar refractivity (Wildman–Crippen MR) is 118 cm³/mol. The van der Waals surface area contributed by atoms with E-state index in [-0.39, 0.29) is 17.9 Å². The van der Waals surface area contributed by atoms with E-state index in [0.717, 1.165) is 31.2 Å². The van der Waals surface area contributed by atoms with Crippen LogP contribution in [0.4, 0.5) is 4.39 Å². The molecule has 162 valence electrons. The Balaban J connectivity index is 1.73. The molecule has 0 spiro atoms. The number of amides is 1. The summed E-state index contributed by atoms with van der Waals surface area (Å²) in [6.45, 7) is 0.820. The lowest BCUT2D eigenvalue weighted by molar-refractivity contribution is -0.118. The van der Waals surface area contributed by atoms with Gasteiger partial charge in [0.1, 0.15) is 18.2 Å². The molecular formula is C24H27FN4O2. The van der Waals surface area contributed by atoms with Crippen molar-refractivity contribution in [2.45, 2.75) is 57.8 Å². The predicted octanol–water partition coefficient (Wildman–Crippen LogP) is 3.36. The zero-order valence-electron chi connectivity index (χ0n) is 17.5. The van der Waals surface area contributed by atoms with Crippen LogP contribution in [0.15, 0.2) is 53.3 Å². The number of benzene rings is 2. The highest BCUT2D eigenvalue weighted by Gasteiger charge is 2.24. The summed E-state index contributed by atoms with van der Waals surface area (Å²) in [7, 11) is 0. The Morgan fingerprint density at radius 1 is 1.06 bits per heavy atom. The van der Waals surface area contributed by atoms with Crippen LogP contribution in [0, 0.1) is 5.82 Å². The van der Waals surface area contributed by atoms with Crippen LogP contribution in [0.5, 0.6) is 0 Å². The van der Waals surface area contributed by atoms with Crippen molar-refractivity contribution < 1.29 is 9.18 Å². The van der Waals surface area contributed by atoms with Crippen LogP contribution in [0.2, 0.25) is 0 Å². The highest BCUT2D eigenvalue weighted by molar-refractivity contribution is 5.78. The summed E-state index contributed by atoms with van der Waals surface area (Å²) >= 11 is 0. The van der Waals surface area contributed by atoms with E-state index in [1.54, 1.807) is 30.3 Å². The SMILES string of the molecule is NC(=O)Cn1c(CN(Cc2ccc(F)cc2)C2CCCCC2)nc2ccccc2c1=O. The Morgan fingerprint density at radius 2 is 1.77 bits per heavy atom. The van der Waals surface area contributed by atoms with Crippen molar-refractivity contribution in [2.75, 3.05) is 0 Å². The van der Waals surface area contributed by atoms with Crippen molar-refractivity contribution in [1.29, 1.82) is 0 Å². The molecule has 0 radical (unpaired) electrons. The molecule has 6 nitrogen and oxygen atoms in total. The fraction of sp³-hybridized carbons (Fsp3) is 0.375. The zero-order chi connectivity index (χ0) is 21.8. The van der Waals surface area contributed by atoms with E-state index in [1.165, 1.54) is 23.1 Å². The van der Waals surface area contributed by atoms with Gasteiger partial charge in [0, 0.05) is 12.6 Å². The molecular weight excluding hydrogens is 395 g/mol. The third kappa shape index (κ3) is 4.99. The fourth-order valence-corrected chi connectivity index (χ4v) is 4.42. The second kappa shape index (κ2) is 9.39. The first kappa shape index (κ1) is 21.2. The Morgan fingerprint density at radius 3 is 2.48 bits per heavy atom. The molecule has 0 atom stereocenters. The van der Waals surface area contributed by atoms with Crippen LogP contribution in [-0.2, 0) is 24.4 Å². The molecule has 2 N–H and O–H groups in total. The van der Waals surface area contributed by atoms with Crippen LogP contribution in [-0.4, -0.2) is 26.4 Å². The minimum absolute atomic E-state index is 0.207.